The molecule has 2 atom stereocenters. The van der Waals surface area contributed by atoms with E-state index < -0.39 is 35.5 Å². The van der Waals surface area contributed by atoms with Crippen LogP contribution in [0.1, 0.15) is 56.2 Å². The van der Waals surface area contributed by atoms with Crippen LogP contribution in [0.3, 0.4) is 0 Å². The number of piperidine rings is 2. The highest BCUT2D eigenvalue weighted by molar-refractivity contribution is 6.33. The molecule has 3 fully saturated rings. The number of nitrogens with zero attached hydrogens (tertiary/aromatic N) is 5. The first kappa shape index (κ1) is 40.2. The number of carbonyl (C=O) groups is 4. The number of fused-ring (bicyclic) bond motifs is 1. The third kappa shape index (κ3) is 9.34. The van der Waals surface area contributed by atoms with Crippen molar-refractivity contribution < 1.29 is 41.8 Å². The highest BCUT2D eigenvalue weighted by Crippen LogP contribution is 2.38. The van der Waals surface area contributed by atoms with Crippen molar-refractivity contribution >= 4 is 47.1 Å². The van der Waals surface area contributed by atoms with E-state index in [1.807, 2.05) is 24.3 Å². The summed E-state index contributed by atoms with van der Waals surface area (Å²) in [5.41, 5.74) is 5.80. The van der Waals surface area contributed by atoms with Crippen LogP contribution >= 0.6 is 11.6 Å². The number of hydrogen-bond acceptors (Lipinski definition) is 8. The topological polar surface area (TPSA) is 141 Å². The first-order valence-electron chi connectivity index (χ1n) is 19.0. The standard InChI is InChI=1S/C38H49ClF3N7O6/c1-3-54-36(52)47-18-19-48(24(2)23-47)27-9-13-45(14-10-27)34(50)32(22-25-20-29(38(40,41)42)33(43)30(39)21-25)55-37(53)46-15-11-28(12-16-46)49-17-8-26-6-4-5-7-31(26)44-35(49)51/h4-7,20-21,24,27-28,32H,3,8-19,22-23,43H2,1-2H3,(H,44,51). The first-order valence-corrected chi connectivity index (χ1v) is 19.3. The number of nitrogens with one attached hydrogen (secondary N) is 1. The van der Waals surface area contributed by atoms with Crippen molar-refractivity contribution in [2.75, 3.05) is 70.0 Å². The summed E-state index contributed by atoms with van der Waals surface area (Å²) in [5.74, 6) is -0.510. The molecule has 0 aromatic heterocycles. The zero-order valence-corrected chi connectivity index (χ0v) is 31.9. The predicted octanol–water partition coefficient (Wildman–Crippen LogP) is 5.70. The summed E-state index contributed by atoms with van der Waals surface area (Å²) in [6, 6.07) is 9.67. The molecule has 4 heterocycles. The Morgan fingerprint density at radius 2 is 1.60 bits per heavy atom. The van der Waals surface area contributed by atoms with Crippen molar-refractivity contribution in [1.82, 2.24) is 24.5 Å². The van der Waals surface area contributed by atoms with Crippen LogP contribution in [0.5, 0.6) is 0 Å². The van der Waals surface area contributed by atoms with Crippen molar-refractivity contribution in [3.05, 3.63) is 58.1 Å². The van der Waals surface area contributed by atoms with Gasteiger partial charge in [0.1, 0.15) is 0 Å². The quantitative estimate of drug-likeness (QED) is 0.341. The van der Waals surface area contributed by atoms with E-state index in [9.17, 15) is 32.3 Å². The number of piperazine rings is 1. The third-order valence-corrected chi connectivity index (χ3v) is 11.5. The number of amides is 5. The molecule has 4 aliphatic rings. The second-order valence-electron chi connectivity index (χ2n) is 14.7. The Hall–Kier alpha value is -4.44. The average Bonchev–Trinajstić information content (AvgIpc) is 3.33. The molecule has 0 bridgehead atoms. The number of alkyl halides is 3. The number of benzene rings is 2. The molecule has 300 valence electrons. The summed E-state index contributed by atoms with van der Waals surface area (Å²) in [6.07, 6.45) is -4.73. The smallest absolute Gasteiger partial charge is 0.418 e. The molecule has 6 rings (SSSR count). The molecule has 2 aromatic carbocycles. The number of para-hydroxylation sites is 1. The largest absolute Gasteiger partial charge is 0.450 e. The van der Waals surface area contributed by atoms with Gasteiger partial charge in [0.15, 0.2) is 6.10 Å². The van der Waals surface area contributed by atoms with E-state index in [4.69, 9.17) is 26.8 Å². The summed E-state index contributed by atoms with van der Waals surface area (Å²) >= 11 is 6.13. The van der Waals surface area contributed by atoms with E-state index in [-0.39, 0.29) is 60.3 Å². The minimum atomic E-state index is -4.79. The second-order valence-corrected chi connectivity index (χ2v) is 15.1. The van der Waals surface area contributed by atoms with Crippen molar-refractivity contribution in [1.29, 1.82) is 0 Å². The van der Waals surface area contributed by atoms with Gasteiger partial charge in [-0.25, -0.2) is 14.4 Å². The third-order valence-electron chi connectivity index (χ3n) is 11.2. The molecule has 3 saturated heterocycles. The number of nitrogens with two attached hydrogens (primary N) is 1. The lowest BCUT2D eigenvalue weighted by Gasteiger charge is -2.46. The number of urea groups is 1. The summed E-state index contributed by atoms with van der Waals surface area (Å²) < 4.78 is 52.7. The van der Waals surface area contributed by atoms with Crippen LogP contribution < -0.4 is 11.1 Å². The zero-order valence-electron chi connectivity index (χ0n) is 31.2. The fourth-order valence-corrected chi connectivity index (χ4v) is 8.47. The van der Waals surface area contributed by atoms with E-state index in [1.165, 1.54) is 11.0 Å². The Bertz CT molecular complexity index is 1730. The first-order chi connectivity index (χ1) is 26.2. The van der Waals surface area contributed by atoms with Crippen LogP contribution in [0.4, 0.5) is 38.9 Å². The number of carbonyl (C=O) groups excluding carboxylic acids is 4. The van der Waals surface area contributed by atoms with Crippen LogP contribution in [0.2, 0.25) is 5.02 Å². The number of rotatable bonds is 7. The number of hydrogen-bond donors (Lipinski definition) is 2. The maximum Gasteiger partial charge on any atom is 0.418 e. The number of halogens is 4. The lowest BCUT2D eigenvalue weighted by Crippen LogP contribution is -2.59. The normalized spacial score (nSPS) is 21.1. The Morgan fingerprint density at radius 3 is 2.27 bits per heavy atom. The lowest BCUT2D eigenvalue weighted by molar-refractivity contribution is -0.142. The molecule has 2 aromatic rings. The van der Waals surface area contributed by atoms with Crippen molar-refractivity contribution in [2.24, 2.45) is 0 Å². The minimum Gasteiger partial charge on any atom is -0.450 e. The Morgan fingerprint density at radius 1 is 0.927 bits per heavy atom. The van der Waals surface area contributed by atoms with Gasteiger partial charge in [-0.1, -0.05) is 29.8 Å². The molecule has 0 aliphatic carbocycles. The molecule has 13 nitrogen and oxygen atoms in total. The molecule has 2 unspecified atom stereocenters. The highest BCUT2D eigenvalue weighted by Gasteiger charge is 2.39. The van der Waals surface area contributed by atoms with Gasteiger partial charge in [0, 0.05) is 82.6 Å². The molecular weight excluding hydrogens is 743 g/mol. The van der Waals surface area contributed by atoms with Gasteiger partial charge in [0.2, 0.25) is 0 Å². The molecule has 0 radical (unpaired) electrons. The fourth-order valence-electron chi connectivity index (χ4n) is 8.23. The van der Waals surface area contributed by atoms with E-state index in [0.29, 0.717) is 78.0 Å². The van der Waals surface area contributed by atoms with E-state index >= 15 is 0 Å². The molecule has 5 amide bonds. The molecule has 3 N–H and O–H groups in total. The van der Waals surface area contributed by atoms with Crippen molar-refractivity contribution in [2.45, 2.75) is 82.8 Å². The van der Waals surface area contributed by atoms with Crippen LogP contribution in [-0.2, 0) is 33.3 Å². The van der Waals surface area contributed by atoms with E-state index in [2.05, 4.69) is 17.1 Å². The maximum atomic E-state index is 14.1. The molecule has 17 heteroatoms. The molecular formula is C38H49ClF3N7O6. The SMILES string of the molecule is CCOC(=O)N1CCN(C2CCN(C(=O)C(Cc3cc(Cl)c(N)c(C(F)(F)F)c3)OC(=O)N3CCC(N4CCc5ccccc5NC4=O)CC3)CC2)C(C)C1. The highest BCUT2D eigenvalue weighted by atomic mass is 35.5. The van der Waals surface area contributed by atoms with E-state index in [1.54, 1.807) is 21.6 Å². The molecule has 4 aliphatic heterocycles. The van der Waals surface area contributed by atoms with E-state index in [0.717, 1.165) is 17.3 Å². The monoisotopic (exact) mass is 791 g/mol. The number of anilines is 2. The van der Waals surface area contributed by atoms with Crippen molar-refractivity contribution in [3.63, 3.8) is 0 Å². The van der Waals surface area contributed by atoms with Gasteiger partial charge in [-0.2, -0.15) is 13.2 Å². The maximum absolute atomic E-state index is 14.1. The van der Waals surface area contributed by atoms with Gasteiger partial charge in [-0.15, -0.1) is 0 Å². The summed E-state index contributed by atoms with van der Waals surface area (Å²) in [4.78, 5) is 62.1. The number of ether oxygens (including phenoxy) is 2. The lowest BCUT2D eigenvalue weighted by atomic mass is 9.98. The van der Waals surface area contributed by atoms with Crippen LogP contribution in [0.25, 0.3) is 0 Å². The van der Waals surface area contributed by atoms with Gasteiger partial charge in [-0.05, 0) is 75.3 Å². The van der Waals surface area contributed by atoms with Crippen LogP contribution in [0, 0.1) is 0 Å². The number of likely N-dealkylation sites (tertiary alicyclic amines) is 2. The van der Waals surface area contributed by atoms with Gasteiger partial charge < -0.3 is 40.1 Å². The van der Waals surface area contributed by atoms with Gasteiger partial charge in [0.05, 0.1) is 22.9 Å². The van der Waals surface area contributed by atoms with Crippen molar-refractivity contribution in [3.8, 4) is 0 Å². The second kappa shape index (κ2) is 17.1. The minimum absolute atomic E-state index is 0.0488. The molecule has 0 saturated carbocycles. The number of nitrogen functional groups attached to an aromatic ring is 1. The Balaban J connectivity index is 1.11. The van der Waals surface area contributed by atoms with Crippen LogP contribution in [0.15, 0.2) is 36.4 Å². The van der Waals surface area contributed by atoms with Gasteiger partial charge in [-0.3, -0.25) is 9.69 Å². The zero-order chi connectivity index (χ0) is 39.4. The predicted molar refractivity (Wildman–Crippen MR) is 200 cm³/mol. The summed E-state index contributed by atoms with van der Waals surface area (Å²) in [6.45, 7) is 7.59. The average molecular weight is 792 g/mol. The Kier molecular flexibility index (Phi) is 12.5. The summed E-state index contributed by atoms with van der Waals surface area (Å²) in [7, 11) is 0. The molecule has 55 heavy (non-hydrogen) atoms. The van der Waals surface area contributed by atoms with Crippen LogP contribution in [-0.4, -0.2) is 132 Å². The van der Waals surface area contributed by atoms with Gasteiger partial charge in [0.25, 0.3) is 5.91 Å². The Labute approximate surface area is 323 Å². The summed E-state index contributed by atoms with van der Waals surface area (Å²) in [5, 5.41) is 2.66. The fraction of sp³-hybridized carbons (Fsp3) is 0.579. The molecule has 0 spiro atoms. The van der Waals surface area contributed by atoms with Gasteiger partial charge >= 0.3 is 24.4 Å².